The Kier molecular flexibility index (Phi) is 4.13. The number of thiazole rings is 1. The summed E-state index contributed by atoms with van der Waals surface area (Å²) in [4.78, 5) is 30.0. The average molecular weight is 295 g/mol. The van der Waals surface area contributed by atoms with Gasteiger partial charge < -0.3 is 10.8 Å². The number of carbonyl (C=O) groups excluding carboxylic acids is 1. The molecule has 0 bridgehead atoms. The Morgan fingerprint density at radius 2 is 2.26 bits per heavy atom. The number of primary amides is 1. The zero-order valence-corrected chi connectivity index (χ0v) is 11.2. The van der Waals surface area contributed by atoms with Crippen molar-refractivity contribution in [2.24, 2.45) is 5.73 Å². The molecule has 3 N–H and O–H groups in total. The van der Waals surface area contributed by atoms with Crippen LogP contribution in [0.4, 0.5) is 0 Å². The van der Waals surface area contributed by atoms with Gasteiger partial charge in [-0.05, 0) is 23.9 Å². The number of aliphatic carboxylic acids is 1. The molecule has 8 heteroatoms. The van der Waals surface area contributed by atoms with Gasteiger partial charge in [-0.2, -0.15) is 0 Å². The van der Waals surface area contributed by atoms with Crippen molar-refractivity contribution in [1.82, 2.24) is 9.97 Å². The minimum atomic E-state index is -0.933. The Morgan fingerprint density at radius 1 is 1.47 bits per heavy atom. The molecular formula is C11H9N3O3S2. The summed E-state index contributed by atoms with van der Waals surface area (Å²) in [5.41, 5.74) is 6.06. The minimum absolute atomic E-state index is 0.123. The summed E-state index contributed by atoms with van der Waals surface area (Å²) in [7, 11) is 0. The molecule has 0 aliphatic carbocycles. The van der Waals surface area contributed by atoms with Crippen molar-refractivity contribution in [3.63, 3.8) is 0 Å². The van der Waals surface area contributed by atoms with E-state index in [1.807, 2.05) is 0 Å². The zero-order chi connectivity index (χ0) is 13.8. The van der Waals surface area contributed by atoms with Gasteiger partial charge in [0.1, 0.15) is 5.03 Å². The van der Waals surface area contributed by atoms with Crippen molar-refractivity contribution in [2.45, 2.75) is 15.8 Å². The molecule has 2 heterocycles. The Balaban J connectivity index is 2.19. The SMILES string of the molecule is NC(=O)c1cccnc1Sc1nc(CC(=O)O)cs1. The van der Waals surface area contributed by atoms with Crippen molar-refractivity contribution in [1.29, 1.82) is 0 Å². The van der Waals surface area contributed by atoms with Gasteiger partial charge in [0, 0.05) is 11.6 Å². The molecule has 6 nitrogen and oxygen atoms in total. The van der Waals surface area contributed by atoms with Gasteiger partial charge in [0.15, 0.2) is 4.34 Å². The van der Waals surface area contributed by atoms with Gasteiger partial charge in [0.05, 0.1) is 17.7 Å². The molecular weight excluding hydrogens is 286 g/mol. The molecule has 0 fully saturated rings. The minimum Gasteiger partial charge on any atom is -0.481 e. The smallest absolute Gasteiger partial charge is 0.309 e. The van der Waals surface area contributed by atoms with Gasteiger partial charge in [-0.25, -0.2) is 9.97 Å². The lowest BCUT2D eigenvalue weighted by molar-refractivity contribution is -0.136. The molecule has 1 amide bonds. The topological polar surface area (TPSA) is 106 Å². The standard InChI is InChI=1S/C11H9N3O3S2/c12-9(17)7-2-1-3-13-10(7)19-11-14-6(5-18-11)4-8(15)16/h1-3,5H,4H2,(H2,12,17)(H,15,16). The van der Waals surface area contributed by atoms with Crippen LogP contribution in [0, 0.1) is 0 Å². The first-order valence-corrected chi connectivity index (χ1v) is 6.84. The monoisotopic (exact) mass is 295 g/mol. The normalized spacial score (nSPS) is 10.3. The summed E-state index contributed by atoms with van der Waals surface area (Å²) in [6.45, 7) is 0. The molecule has 2 rings (SSSR count). The fourth-order valence-electron chi connectivity index (χ4n) is 1.31. The van der Waals surface area contributed by atoms with E-state index in [1.54, 1.807) is 23.7 Å². The van der Waals surface area contributed by atoms with Crippen molar-refractivity contribution >= 4 is 35.0 Å². The average Bonchev–Trinajstić information content (AvgIpc) is 2.76. The number of aromatic nitrogens is 2. The molecule has 0 unspecified atom stereocenters. The molecule has 0 aromatic carbocycles. The largest absolute Gasteiger partial charge is 0.481 e. The third kappa shape index (κ3) is 3.52. The number of pyridine rings is 1. The Labute approximate surface area is 116 Å². The first-order valence-electron chi connectivity index (χ1n) is 5.15. The summed E-state index contributed by atoms with van der Waals surface area (Å²) >= 11 is 2.50. The lowest BCUT2D eigenvalue weighted by Gasteiger charge is -2.01. The number of hydrogen-bond acceptors (Lipinski definition) is 6. The van der Waals surface area contributed by atoms with E-state index < -0.39 is 11.9 Å². The van der Waals surface area contributed by atoms with Gasteiger partial charge in [0.25, 0.3) is 5.91 Å². The van der Waals surface area contributed by atoms with Crippen LogP contribution in [0.2, 0.25) is 0 Å². The molecule has 2 aromatic heterocycles. The summed E-state index contributed by atoms with van der Waals surface area (Å²) in [5, 5.41) is 10.8. The lowest BCUT2D eigenvalue weighted by Crippen LogP contribution is -2.12. The highest BCUT2D eigenvalue weighted by molar-refractivity contribution is 8.01. The molecule has 98 valence electrons. The highest BCUT2D eigenvalue weighted by Crippen LogP contribution is 2.31. The second-order valence-electron chi connectivity index (χ2n) is 3.50. The summed E-state index contributed by atoms with van der Waals surface area (Å²) in [6.07, 6.45) is 1.43. The third-order valence-corrected chi connectivity index (χ3v) is 4.09. The van der Waals surface area contributed by atoms with Crippen molar-refractivity contribution in [3.05, 3.63) is 35.0 Å². The number of carboxylic acids is 1. The van der Waals surface area contributed by atoms with E-state index in [1.165, 1.54) is 23.1 Å². The van der Waals surface area contributed by atoms with Crippen LogP contribution in [0.5, 0.6) is 0 Å². The highest BCUT2D eigenvalue weighted by Gasteiger charge is 2.13. The van der Waals surface area contributed by atoms with Gasteiger partial charge in [-0.15, -0.1) is 11.3 Å². The number of carbonyl (C=O) groups is 2. The summed E-state index contributed by atoms with van der Waals surface area (Å²) in [6, 6.07) is 3.21. The maximum atomic E-state index is 11.2. The van der Waals surface area contributed by atoms with E-state index >= 15 is 0 Å². The van der Waals surface area contributed by atoms with Gasteiger partial charge in [-0.3, -0.25) is 9.59 Å². The quantitative estimate of drug-likeness (QED) is 0.864. The Bertz CT molecular complexity index is 627. The second kappa shape index (κ2) is 5.81. The predicted molar refractivity (Wildman–Crippen MR) is 70.3 cm³/mol. The van der Waals surface area contributed by atoms with Crippen LogP contribution < -0.4 is 5.73 Å². The van der Waals surface area contributed by atoms with Crippen LogP contribution in [0.1, 0.15) is 16.1 Å². The van der Waals surface area contributed by atoms with E-state index in [0.29, 0.717) is 20.6 Å². The summed E-state index contributed by atoms with van der Waals surface area (Å²) < 4.78 is 0.623. The van der Waals surface area contributed by atoms with E-state index in [4.69, 9.17) is 10.8 Å². The molecule has 0 spiro atoms. The van der Waals surface area contributed by atoms with Crippen molar-refractivity contribution in [3.8, 4) is 0 Å². The van der Waals surface area contributed by atoms with E-state index in [9.17, 15) is 9.59 Å². The second-order valence-corrected chi connectivity index (χ2v) is 5.59. The molecule has 0 aliphatic rings. The van der Waals surface area contributed by atoms with Crippen LogP contribution in [0.3, 0.4) is 0 Å². The molecule has 0 saturated heterocycles. The fourth-order valence-corrected chi connectivity index (χ4v) is 3.15. The molecule has 2 aromatic rings. The Hall–Kier alpha value is -1.93. The number of carboxylic acid groups (broad SMARTS) is 1. The third-order valence-electron chi connectivity index (χ3n) is 2.08. The van der Waals surface area contributed by atoms with E-state index in [-0.39, 0.29) is 6.42 Å². The zero-order valence-electron chi connectivity index (χ0n) is 9.57. The van der Waals surface area contributed by atoms with Crippen molar-refractivity contribution < 1.29 is 14.7 Å². The van der Waals surface area contributed by atoms with E-state index in [0.717, 1.165) is 0 Å². The summed E-state index contributed by atoms with van der Waals surface area (Å²) in [5.74, 6) is -1.49. The van der Waals surface area contributed by atoms with Crippen LogP contribution in [0.15, 0.2) is 33.1 Å². The lowest BCUT2D eigenvalue weighted by atomic mass is 10.3. The number of amides is 1. The van der Waals surface area contributed by atoms with Gasteiger partial charge >= 0.3 is 5.97 Å². The number of rotatable bonds is 5. The van der Waals surface area contributed by atoms with Crippen LogP contribution in [0.25, 0.3) is 0 Å². The molecule has 0 saturated carbocycles. The van der Waals surface area contributed by atoms with Crippen LogP contribution in [-0.4, -0.2) is 27.0 Å². The van der Waals surface area contributed by atoms with Crippen LogP contribution >= 0.6 is 23.1 Å². The number of hydrogen-bond donors (Lipinski definition) is 2. The molecule has 0 aliphatic heterocycles. The Morgan fingerprint density at radius 3 is 2.95 bits per heavy atom. The number of nitrogens with two attached hydrogens (primary N) is 1. The maximum absolute atomic E-state index is 11.2. The van der Waals surface area contributed by atoms with Crippen molar-refractivity contribution in [2.75, 3.05) is 0 Å². The van der Waals surface area contributed by atoms with Crippen LogP contribution in [-0.2, 0) is 11.2 Å². The van der Waals surface area contributed by atoms with E-state index in [2.05, 4.69) is 9.97 Å². The predicted octanol–water partition coefficient (Wildman–Crippen LogP) is 1.42. The van der Waals surface area contributed by atoms with Gasteiger partial charge in [0.2, 0.25) is 0 Å². The first-order chi connectivity index (χ1) is 9.06. The highest BCUT2D eigenvalue weighted by atomic mass is 32.2. The maximum Gasteiger partial charge on any atom is 0.309 e. The molecule has 0 atom stereocenters. The fraction of sp³-hybridized carbons (Fsp3) is 0.0909. The molecule has 19 heavy (non-hydrogen) atoms. The first kappa shape index (κ1) is 13.5. The number of nitrogens with zero attached hydrogens (tertiary/aromatic N) is 2. The molecule has 0 radical (unpaired) electrons. The van der Waals surface area contributed by atoms with Gasteiger partial charge in [-0.1, -0.05) is 0 Å².